The summed E-state index contributed by atoms with van der Waals surface area (Å²) in [7, 11) is 0. The molecule has 0 radical (unpaired) electrons. The first kappa shape index (κ1) is 50.9. The topological polar surface area (TPSA) is 442 Å². The molecule has 5 aliphatic rings. The first-order chi connectivity index (χ1) is 29.1. The van der Waals surface area contributed by atoms with E-state index in [1.165, 1.54) is 0 Å². The smallest absolute Gasteiger partial charge is 0.187 e. The highest BCUT2D eigenvalue weighted by molar-refractivity contribution is 4.99. The van der Waals surface area contributed by atoms with Gasteiger partial charge in [-0.15, -0.1) is 0 Å². The Kier molecular flexibility index (Phi) is 19.1. The van der Waals surface area contributed by atoms with Gasteiger partial charge in [-0.3, -0.25) is 0 Å². The second kappa shape index (κ2) is 22.9. The standard InChI is InChI=1S/C34H61NO26/c35-3-1-2-4-52-30-22(48)17(43)26(11(6-37)54-30)59-32-24(50)19(45)28(13(8-39)56-32)61-34-25(51)20(46)29(14(9-40)57-34)60-33-23(49)18(44)27(12(7-38)55-33)58-31-21(47)16(42)15(41)10(5-36)53-31/h10-34,36-51H,1-9,35H2/t10?,11?,12?,13?,14?,15-,16?,17-,18-,19?,20-,21+,22?,23?,24+,25?,26-,27-,28-,29+,30+,31+,32+,33-,34-/m1/s1. The summed E-state index contributed by atoms with van der Waals surface area (Å²) in [5, 5.41) is 168. The fourth-order valence-electron chi connectivity index (χ4n) is 7.60. The molecule has 0 aliphatic carbocycles. The lowest BCUT2D eigenvalue weighted by Gasteiger charge is -2.49. The van der Waals surface area contributed by atoms with Gasteiger partial charge in [0, 0.05) is 6.61 Å². The molecule has 27 nitrogen and oxygen atoms in total. The van der Waals surface area contributed by atoms with Crippen molar-refractivity contribution in [3.05, 3.63) is 0 Å². The molecule has 10 unspecified atom stereocenters. The quantitative estimate of drug-likeness (QED) is 0.0568. The van der Waals surface area contributed by atoms with Gasteiger partial charge in [0.15, 0.2) is 31.5 Å². The number of nitrogens with two attached hydrogens (primary N) is 1. The van der Waals surface area contributed by atoms with Crippen LogP contribution in [0.4, 0.5) is 0 Å². The van der Waals surface area contributed by atoms with Gasteiger partial charge < -0.3 is 135 Å². The monoisotopic (exact) mass is 899 g/mol. The maximum absolute atomic E-state index is 11.2. The van der Waals surface area contributed by atoms with Crippen LogP contribution in [0.1, 0.15) is 12.8 Å². The lowest BCUT2D eigenvalue weighted by molar-refractivity contribution is -0.393. The Balaban J connectivity index is 1.20. The van der Waals surface area contributed by atoms with Gasteiger partial charge in [-0.25, -0.2) is 0 Å². The Labute approximate surface area is 347 Å². The summed E-state index contributed by atoms with van der Waals surface area (Å²) in [6.45, 7) is -3.91. The molecule has 0 amide bonds. The highest BCUT2D eigenvalue weighted by Crippen LogP contribution is 2.35. The molecule has 0 aromatic heterocycles. The van der Waals surface area contributed by atoms with Crippen molar-refractivity contribution in [1.29, 1.82) is 0 Å². The molecule has 0 bridgehead atoms. The van der Waals surface area contributed by atoms with Crippen molar-refractivity contribution < 1.29 is 129 Å². The van der Waals surface area contributed by atoms with E-state index in [4.69, 9.17) is 53.1 Å². The van der Waals surface area contributed by atoms with Crippen LogP contribution in [0.25, 0.3) is 0 Å². The fraction of sp³-hybridized carbons (Fsp3) is 1.00. The zero-order valence-corrected chi connectivity index (χ0v) is 32.6. The van der Waals surface area contributed by atoms with E-state index in [1.54, 1.807) is 0 Å². The third kappa shape index (κ3) is 11.1. The molecule has 25 atom stereocenters. The maximum atomic E-state index is 11.2. The predicted octanol–water partition coefficient (Wildman–Crippen LogP) is -11.2. The minimum Gasteiger partial charge on any atom is -0.394 e. The Hall–Kier alpha value is -1.08. The largest absolute Gasteiger partial charge is 0.394 e. The number of ether oxygens (including phenoxy) is 10. The molecule has 0 aromatic rings. The van der Waals surface area contributed by atoms with Crippen molar-refractivity contribution in [3.8, 4) is 0 Å². The highest BCUT2D eigenvalue weighted by Gasteiger charge is 2.56. The first-order valence-electron chi connectivity index (χ1n) is 19.8. The summed E-state index contributed by atoms with van der Waals surface area (Å²) < 4.78 is 55.6. The normalized spacial score (nSPS) is 49.8. The average molecular weight is 900 g/mol. The molecule has 0 spiro atoms. The molecule has 5 rings (SSSR count). The molecule has 5 heterocycles. The average Bonchev–Trinajstić information content (AvgIpc) is 3.26. The van der Waals surface area contributed by atoms with E-state index in [-0.39, 0.29) is 6.61 Å². The molecule has 18 N–H and O–H groups in total. The molecule has 5 fully saturated rings. The van der Waals surface area contributed by atoms with Crippen LogP contribution in [-0.4, -0.2) is 281 Å². The van der Waals surface area contributed by atoms with Crippen molar-refractivity contribution in [1.82, 2.24) is 0 Å². The highest BCUT2D eigenvalue weighted by atomic mass is 16.8. The molecular weight excluding hydrogens is 838 g/mol. The van der Waals surface area contributed by atoms with Crippen molar-refractivity contribution in [2.45, 2.75) is 166 Å². The maximum Gasteiger partial charge on any atom is 0.187 e. The van der Waals surface area contributed by atoms with Crippen LogP contribution in [0, 0.1) is 0 Å². The van der Waals surface area contributed by atoms with E-state index < -0.39 is 187 Å². The van der Waals surface area contributed by atoms with Crippen LogP contribution >= 0.6 is 0 Å². The van der Waals surface area contributed by atoms with Crippen molar-refractivity contribution in [2.75, 3.05) is 46.2 Å². The van der Waals surface area contributed by atoms with Gasteiger partial charge in [0.25, 0.3) is 0 Å². The Morgan fingerprint density at radius 2 is 0.607 bits per heavy atom. The molecule has 0 saturated carbocycles. The molecule has 358 valence electrons. The number of aliphatic hydroxyl groups excluding tert-OH is 16. The lowest BCUT2D eigenvalue weighted by atomic mass is 9.95. The summed E-state index contributed by atoms with van der Waals surface area (Å²) in [4.78, 5) is 0. The van der Waals surface area contributed by atoms with Gasteiger partial charge in [-0.1, -0.05) is 0 Å². The molecule has 27 heteroatoms. The fourth-order valence-corrected chi connectivity index (χ4v) is 7.60. The van der Waals surface area contributed by atoms with Crippen LogP contribution in [-0.2, 0) is 47.4 Å². The van der Waals surface area contributed by atoms with Crippen LogP contribution < -0.4 is 5.73 Å². The van der Waals surface area contributed by atoms with Gasteiger partial charge in [0.1, 0.15) is 122 Å². The van der Waals surface area contributed by atoms with Gasteiger partial charge in [-0.2, -0.15) is 0 Å². The minimum absolute atomic E-state index is 0.109. The van der Waals surface area contributed by atoms with E-state index in [9.17, 15) is 81.7 Å². The summed E-state index contributed by atoms with van der Waals surface area (Å²) in [6, 6.07) is 0. The number of aliphatic hydroxyl groups is 16. The Bertz CT molecular complexity index is 1290. The SMILES string of the molecule is NCCCCO[C@H]1OC(CO)[C@@H](O[C@@H]2OC(CO)[C@@H](O[C@H]3OC(CO)[C@H](O[C@H]4OC(CO)[C@@H](O[C@@H]5OC(CO)[C@@H](O)C(O)[C@@H]5O)[C@H](O)C4O)[C@H](O)C3O)C(O)[C@@H]2O)[C@H](O)C1O. The van der Waals surface area contributed by atoms with Crippen molar-refractivity contribution >= 4 is 0 Å². The molecule has 61 heavy (non-hydrogen) atoms. The summed E-state index contributed by atoms with van der Waals surface area (Å²) in [5.41, 5.74) is 5.46. The Morgan fingerprint density at radius 1 is 0.328 bits per heavy atom. The molecule has 5 aliphatic heterocycles. The number of hydrogen-bond donors (Lipinski definition) is 17. The minimum atomic E-state index is -2.11. The van der Waals surface area contributed by atoms with E-state index in [2.05, 4.69) is 0 Å². The van der Waals surface area contributed by atoms with E-state index in [0.717, 1.165) is 0 Å². The van der Waals surface area contributed by atoms with Gasteiger partial charge in [0.05, 0.1) is 33.0 Å². The van der Waals surface area contributed by atoms with Gasteiger partial charge in [0.2, 0.25) is 0 Å². The van der Waals surface area contributed by atoms with Crippen LogP contribution in [0.3, 0.4) is 0 Å². The van der Waals surface area contributed by atoms with Crippen LogP contribution in [0.15, 0.2) is 0 Å². The third-order valence-electron chi connectivity index (χ3n) is 11.2. The molecular formula is C34H61NO26. The zero-order chi connectivity index (χ0) is 44.9. The summed E-state index contributed by atoms with van der Waals surface area (Å²) in [5.74, 6) is 0. The van der Waals surface area contributed by atoms with E-state index in [0.29, 0.717) is 19.4 Å². The zero-order valence-electron chi connectivity index (χ0n) is 32.6. The predicted molar refractivity (Wildman–Crippen MR) is 189 cm³/mol. The van der Waals surface area contributed by atoms with Crippen molar-refractivity contribution in [2.24, 2.45) is 5.73 Å². The first-order valence-corrected chi connectivity index (χ1v) is 19.8. The van der Waals surface area contributed by atoms with E-state index >= 15 is 0 Å². The Morgan fingerprint density at radius 3 is 0.918 bits per heavy atom. The summed E-state index contributed by atoms with van der Waals surface area (Å²) in [6.07, 6.45) is -43.5. The van der Waals surface area contributed by atoms with Crippen molar-refractivity contribution in [3.63, 3.8) is 0 Å². The van der Waals surface area contributed by atoms with Crippen LogP contribution in [0.5, 0.6) is 0 Å². The molecule has 0 aromatic carbocycles. The van der Waals surface area contributed by atoms with Crippen LogP contribution in [0.2, 0.25) is 0 Å². The second-order valence-electron chi connectivity index (χ2n) is 15.3. The van der Waals surface area contributed by atoms with Gasteiger partial charge in [-0.05, 0) is 19.4 Å². The van der Waals surface area contributed by atoms with Gasteiger partial charge >= 0.3 is 0 Å². The number of unbranched alkanes of at least 4 members (excludes halogenated alkanes) is 1. The number of hydrogen-bond acceptors (Lipinski definition) is 27. The second-order valence-corrected chi connectivity index (χ2v) is 15.3. The van der Waals surface area contributed by atoms with E-state index in [1.807, 2.05) is 0 Å². The third-order valence-corrected chi connectivity index (χ3v) is 11.2. The number of rotatable bonds is 18. The summed E-state index contributed by atoms with van der Waals surface area (Å²) >= 11 is 0. The molecule has 5 saturated heterocycles. The lowest BCUT2D eigenvalue weighted by Crippen LogP contribution is -2.68.